The molecule has 4 rings (SSSR count). The molecule has 35 heavy (non-hydrogen) atoms. The molecule has 0 aliphatic carbocycles. The van der Waals surface area contributed by atoms with Gasteiger partial charge in [-0.25, -0.2) is 0 Å². The van der Waals surface area contributed by atoms with Gasteiger partial charge in [0.05, 0.1) is 17.4 Å². The van der Waals surface area contributed by atoms with Gasteiger partial charge in [-0.2, -0.15) is 0 Å². The van der Waals surface area contributed by atoms with E-state index in [2.05, 4.69) is 17.6 Å². The van der Waals surface area contributed by atoms with Gasteiger partial charge in [-0.1, -0.05) is 44.9 Å². The van der Waals surface area contributed by atoms with Crippen LogP contribution in [0.2, 0.25) is 0 Å². The van der Waals surface area contributed by atoms with E-state index >= 15 is 0 Å². The molecule has 3 heterocycles. The number of carbonyl (C=O) groups is 3. The summed E-state index contributed by atoms with van der Waals surface area (Å²) in [6.07, 6.45) is 4.62. The third-order valence-corrected chi connectivity index (χ3v) is 8.27. The van der Waals surface area contributed by atoms with Gasteiger partial charge >= 0.3 is 0 Å². The maximum Gasteiger partial charge on any atom is 0.245 e. The summed E-state index contributed by atoms with van der Waals surface area (Å²) in [5.74, 6) is -2.05. The fourth-order valence-corrected chi connectivity index (χ4v) is 6.50. The van der Waals surface area contributed by atoms with Crippen LogP contribution in [0, 0.1) is 17.8 Å². The number of carbonyl (C=O) groups excluding carboxylic acids is 3. The van der Waals surface area contributed by atoms with E-state index < -0.39 is 29.1 Å². The zero-order valence-corrected chi connectivity index (χ0v) is 21.1. The van der Waals surface area contributed by atoms with Gasteiger partial charge in [0.1, 0.15) is 11.6 Å². The molecule has 0 saturated carbocycles. The van der Waals surface area contributed by atoms with Crippen LogP contribution in [-0.4, -0.2) is 64.7 Å². The molecular weight excluding hydrogens is 446 g/mol. The molecule has 8 nitrogen and oxygen atoms in total. The lowest BCUT2D eigenvalue weighted by molar-refractivity contribution is -0.146. The maximum atomic E-state index is 13.9. The Hall–Kier alpha value is -2.45. The highest BCUT2D eigenvalue weighted by molar-refractivity contribution is 6.02. The van der Waals surface area contributed by atoms with Crippen LogP contribution >= 0.6 is 0 Å². The number of para-hydroxylation sites is 1. The minimum Gasteiger partial charge on any atom is -0.396 e. The van der Waals surface area contributed by atoms with Crippen LogP contribution in [0.25, 0.3) is 0 Å². The van der Waals surface area contributed by atoms with Crippen LogP contribution in [0.15, 0.2) is 30.3 Å². The number of hydrogen-bond acceptors (Lipinski definition) is 5. The molecule has 1 aromatic carbocycles. The lowest BCUT2D eigenvalue weighted by Crippen LogP contribution is -2.55. The zero-order chi connectivity index (χ0) is 25.2. The third-order valence-electron chi connectivity index (χ3n) is 8.27. The van der Waals surface area contributed by atoms with Crippen molar-refractivity contribution in [1.29, 1.82) is 0 Å². The van der Waals surface area contributed by atoms with Gasteiger partial charge in [0, 0.05) is 25.4 Å². The summed E-state index contributed by atoms with van der Waals surface area (Å²) < 4.78 is 6.69. The van der Waals surface area contributed by atoms with E-state index in [-0.39, 0.29) is 30.2 Å². The SMILES string of the molecule is CCCCCNC(=O)C1N(CCCCO)C(=O)[C@@H]2[C@@H](C(=O)Nc3ccccc3)[C@]3(C)OC12CC3C. The van der Waals surface area contributed by atoms with E-state index in [1.165, 1.54) is 0 Å². The van der Waals surface area contributed by atoms with Gasteiger partial charge in [0.25, 0.3) is 0 Å². The molecule has 3 aliphatic heterocycles. The zero-order valence-electron chi connectivity index (χ0n) is 21.1. The van der Waals surface area contributed by atoms with Crippen LogP contribution in [0.3, 0.4) is 0 Å². The quantitative estimate of drug-likeness (QED) is 0.418. The lowest BCUT2D eigenvalue weighted by Gasteiger charge is -2.36. The second-order valence-electron chi connectivity index (χ2n) is 10.5. The number of nitrogens with one attached hydrogen (secondary N) is 2. The van der Waals surface area contributed by atoms with Crippen LogP contribution in [0.4, 0.5) is 5.69 Å². The number of fused-ring (bicyclic) bond motifs is 1. The maximum absolute atomic E-state index is 13.9. The van der Waals surface area contributed by atoms with Crippen LogP contribution in [0.5, 0.6) is 0 Å². The van der Waals surface area contributed by atoms with Crippen molar-refractivity contribution < 1.29 is 24.2 Å². The highest BCUT2D eigenvalue weighted by Crippen LogP contribution is 2.65. The molecule has 192 valence electrons. The normalized spacial score (nSPS) is 33.1. The van der Waals surface area contributed by atoms with Crippen molar-refractivity contribution in [2.75, 3.05) is 25.0 Å². The van der Waals surface area contributed by atoms with Gasteiger partial charge in [0.15, 0.2) is 0 Å². The first-order valence-corrected chi connectivity index (χ1v) is 13.0. The van der Waals surface area contributed by atoms with E-state index in [9.17, 15) is 19.5 Å². The van der Waals surface area contributed by atoms with E-state index in [1.54, 1.807) is 4.90 Å². The van der Waals surface area contributed by atoms with Crippen LogP contribution < -0.4 is 10.6 Å². The minimum atomic E-state index is -1.03. The molecule has 6 atom stereocenters. The number of aliphatic hydroxyl groups excluding tert-OH is 1. The Morgan fingerprint density at radius 3 is 2.57 bits per heavy atom. The summed E-state index contributed by atoms with van der Waals surface area (Å²) in [6.45, 7) is 7.00. The second-order valence-corrected chi connectivity index (χ2v) is 10.5. The Balaban J connectivity index is 1.66. The first-order valence-electron chi connectivity index (χ1n) is 13.0. The number of hydrogen-bond donors (Lipinski definition) is 3. The molecule has 2 bridgehead atoms. The molecule has 1 spiro atoms. The Bertz CT molecular complexity index is 940. The average Bonchev–Trinajstić information content (AvgIpc) is 3.34. The first kappa shape index (κ1) is 25.6. The summed E-state index contributed by atoms with van der Waals surface area (Å²) in [4.78, 5) is 42.7. The highest BCUT2D eigenvalue weighted by Gasteiger charge is 2.79. The average molecular weight is 486 g/mol. The summed E-state index contributed by atoms with van der Waals surface area (Å²) >= 11 is 0. The predicted octanol–water partition coefficient (Wildman–Crippen LogP) is 2.71. The van der Waals surface area contributed by atoms with Crippen molar-refractivity contribution in [1.82, 2.24) is 10.2 Å². The highest BCUT2D eigenvalue weighted by atomic mass is 16.5. The van der Waals surface area contributed by atoms with E-state index in [1.807, 2.05) is 44.2 Å². The van der Waals surface area contributed by atoms with Crippen LogP contribution in [0.1, 0.15) is 59.3 Å². The monoisotopic (exact) mass is 485 g/mol. The molecule has 0 radical (unpaired) electrons. The number of amides is 3. The van der Waals surface area contributed by atoms with Gasteiger partial charge in [-0.05, 0) is 50.7 Å². The van der Waals surface area contributed by atoms with Crippen molar-refractivity contribution in [3.8, 4) is 0 Å². The van der Waals surface area contributed by atoms with Gasteiger partial charge < -0.3 is 25.4 Å². The molecule has 3 amide bonds. The number of rotatable bonds is 11. The standard InChI is InChI=1S/C27H39N3O5/c1-4-5-9-14-28-24(33)22-27-17-18(2)26(3,35-27)20(23(32)29-19-12-7-6-8-13-19)21(27)25(34)30(22)15-10-11-16-31/h6-8,12-13,18,20-22,31H,4-5,9-11,14-17H2,1-3H3,(H,28,33)(H,29,32)/t18?,20-,21-,22?,26+,27?/m0/s1. The number of ether oxygens (including phenoxy) is 1. The molecule has 3 aliphatic rings. The predicted molar refractivity (Wildman–Crippen MR) is 132 cm³/mol. The van der Waals surface area contributed by atoms with Crippen molar-refractivity contribution >= 4 is 23.4 Å². The van der Waals surface area contributed by atoms with Crippen molar-refractivity contribution in [2.24, 2.45) is 17.8 Å². The Morgan fingerprint density at radius 1 is 1.14 bits per heavy atom. The smallest absolute Gasteiger partial charge is 0.245 e. The fraction of sp³-hybridized carbons (Fsp3) is 0.667. The Morgan fingerprint density at radius 2 is 1.89 bits per heavy atom. The number of benzene rings is 1. The lowest BCUT2D eigenvalue weighted by atomic mass is 9.62. The molecule has 8 heteroatoms. The van der Waals surface area contributed by atoms with Gasteiger partial charge in [0.2, 0.25) is 17.7 Å². The fourth-order valence-electron chi connectivity index (χ4n) is 6.50. The number of likely N-dealkylation sites (tertiary alicyclic amines) is 1. The molecule has 1 aromatic rings. The van der Waals surface area contributed by atoms with E-state index in [0.717, 1.165) is 19.3 Å². The minimum absolute atomic E-state index is 0.00542. The van der Waals surface area contributed by atoms with Gasteiger partial charge in [-0.15, -0.1) is 0 Å². The molecule has 3 N–H and O–H groups in total. The summed E-state index contributed by atoms with van der Waals surface area (Å²) in [7, 11) is 0. The molecule has 3 unspecified atom stereocenters. The number of aliphatic hydroxyl groups is 1. The number of anilines is 1. The van der Waals surface area contributed by atoms with Crippen molar-refractivity contribution in [3.05, 3.63) is 30.3 Å². The van der Waals surface area contributed by atoms with Crippen LogP contribution in [-0.2, 0) is 19.1 Å². The number of nitrogens with zero attached hydrogens (tertiary/aromatic N) is 1. The van der Waals surface area contributed by atoms with Crippen molar-refractivity contribution in [2.45, 2.75) is 76.5 Å². The summed E-state index contributed by atoms with van der Waals surface area (Å²) in [5.41, 5.74) is -1.20. The topological polar surface area (TPSA) is 108 Å². The molecular formula is C27H39N3O5. The van der Waals surface area contributed by atoms with Crippen molar-refractivity contribution in [3.63, 3.8) is 0 Å². The summed E-state index contributed by atoms with van der Waals surface area (Å²) in [5, 5.41) is 15.3. The van der Waals surface area contributed by atoms with Gasteiger partial charge in [-0.3, -0.25) is 14.4 Å². The molecule has 3 saturated heterocycles. The Kier molecular flexibility index (Phi) is 7.52. The molecule has 3 fully saturated rings. The largest absolute Gasteiger partial charge is 0.396 e. The Labute approximate surface area is 207 Å². The third kappa shape index (κ3) is 4.35. The second kappa shape index (κ2) is 10.3. The van der Waals surface area contributed by atoms with E-state index in [4.69, 9.17) is 4.74 Å². The number of unbranched alkanes of at least 4 members (excludes halogenated alkanes) is 3. The first-order chi connectivity index (χ1) is 16.8. The van der Waals surface area contributed by atoms with E-state index in [0.29, 0.717) is 38.0 Å². The molecule has 0 aromatic heterocycles. The summed E-state index contributed by atoms with van der Waals surface area (Å²) in [6, 6.07) is 8.43.